The molecular formula is C27H26N2O2. The van der Waals surface area contributed by atoms with E-state index in [4.69, 9.17) is 0 Å². The Morgan fingerprint density at radius 1 is 0.903 bits per heavy atom. The van der Waals surface area contributed by atoms with Gasteiger partial charge in [0, 0.05) is 17.3 Å². The van der Waals surface area contributed by atoms with Crippen LogP contribution in [0.1, 0.15) is 57.4 Å². The van der Waals surface area contributed by atoms with Gasteiger partial charge in [0.2, 0.25) is 5.91 Å². The highest BCUT2D eigenvalue weighted by Gasteiger charge is 2.49. The first kappa shape index (κ1) is 19.6. The van der Waals surface area contributed by atoms with E-state index in [9.17, 15) is 9.59 Å². The summed E-state index contributed by atoms with van der Waals surface area (Å²) in [7, 11) is 0. The molecule has 5 rings (SSSR count). The molecule has 31 heavy (non-hydrogen) atoms. The highest BCUT2D eigenvalue weighted by molar-refractivity contribution is 6.04. The van der Waals surface area contributed by atoms with Crippen LogP contribution in [0.4, 0.5) is 5.69 Å². The van der Waals surface area contributed by atoms with Gasteiger partial charge < -0.3 is 10.2 Å². The predicted molar refractivity (Wildman–Crippen MR) is 122 cm³/mol. The molecule has 4 heteroatoms. The van der Waals surface area contributed by atoms with Gasteiger partial charge in [0.05, 0.1) is 12.0 Å². The first-order chi connectivity index (χ1) is 15.0. The van der Waals surface area contributed by atoms with E-state index in [2.05, 4.69) is 11.4 Å². The van der Waals surface area contributed by atoms with Gasteiger partial charge in [-0.1, -0.05) is 65.7 Å². The number of aryl methyl sites for hydroxylation is 2. The van der Waals surface area contributed by atoms with E-state index in [0.717, 1.165) is 40.8 Å². The van der Waals surface area contributed by atoms with Crippen molar-refractivity contribution < 1.29 is 9.59 Å². The molecule has 0 aromatic heterocycles. The summed E-state index contributed by atoms with van der Waals surface area (Å²) in [6.07, 6.45) is 1.98. The van der Waals surface area contributed by atoms with Crippen molar-refractivity contribution in [3.8, 4) is 0 Å². The fourth-order valence-electron chi connectivity index (χ4n) is 4.65. The van der Waals surface area contributed by atoms with Gasteiger partial charge in [0.25, 0.3) is 5.91 Å². The maximum absolute atomic E-state index is 13.7. The van der Waals surface area contributed by atoms with E-state index < -0.39 is 5.92 Å². The van der Waals surface area contributed by atoms with Gasteiger partial charge in [-0.3, -0.25) is 9.59 Å². The zero-order valence-electron chi connectivity index (χ0n) is 17.8. The van der Waals surface area contributed by atoms with Crippen molar-refractivity contribution in [2.75, 3.05) is 5.32 Å². The van der Waals surface area contributed by atoms with Gasteiger partial charge in [-0.25, -0.2) is 0 Å². The Morgan fingerprint density at radius 3 is 2.35 bits per heavy atom. The van der Waals surface area contributed by atoms with Crippen LogP contribution >= 0.6 is 0 Å². The predicted octanol–water partition coefficient (Wildman–Crippen LogP) is 5.39. The third-order valence-corrected chi connectivity index (χ3v) is 6.30. The molecule has 1 aliphatic carbocycles. The summed E-state index contributed by atoms with van der Waals surface area (Å²) < 4.78 is 0. The van der Waals surface area contributed by atoms with Gasteiger partial charge >= 0.3 is 0 Å². The SMILES string of the molecule is Cc1ccc(NC(=O)[C@H]2c3ccccc3C(=O)N(C3CC3)[C@H]2c2cccc(C)c2)cc1. The number of carbonyl (C=O) groups is 2. The largest absolute Gasteiger partial charge is 0.327 e. The van der Waals surface area contributed by atoms with Crippen LogP contribution < -0.4 is 5.32 Å². The molecule has 3 aromatic rings. The van der Waals surface area contributed by atoms with Crippen LogP contribution in [0.3, 0.4) is 0 Å². The number of hydrogen-bond donors (Lipinski definition) is 1. The van der Waals surface area contributed by atoms with E-state index >= 15 is 0 Å². The zero-order chi connectivity index (χ0) is 21.5. The minimum absolute atomic E-state index is 0.0315. The van der Waals surface area contributed by atoms with Crippen molar-refractivity contribution in [1.82, 2.24) is 4.90 Å². The number of nitrogens with one attached hydrogen (secondary N) is 1. The molecule has 4 nitrogen and oxygen atoms in total. The Labute approximate surface area is 182 Å². The second kappa shape index (κ2) is 7.69. The average Bonchev–Trinajstić information content (AvgIpc) is 3.60. The molecule has 1 fully saturated rings. The fraction of sp³-hybridized carbons (Fsp3) is 0.259. The normalized spacial score (nSPS) is 20.3. The molecule has 156 valence electrons. The van der Waals surface area contributed by atoms with E-state index in [0.29, 0.717) is 5.56 Å². The molecule has 0 radical (unpaired) electrons. The minimum Gasteiger partial charge on any atom is -0.327 e. The Kier molecular flexibility index (Phi) is 4.85. The lowest BCUT2D eigenvalue weighted by Crippen LogP contribution is -2.47. The van der Waals surface area contributed by atoms with Crippen molar-refractivity contribution in [2.24, 2.45) is 0 Å². The molecule has 0 bridgehead atoms. The molecule has 0 saturated heterocycles. The number of benzene rings is 3. The summed E-state index contributed by atoms with van der Waals surface area (Å²) in [5.74, 6) is -0.525. The summed E-state index contributed by atoms with van der Waals surface area (Å²) in [4.78, 5) is 29.2. The third-order valence-electron chi connectivity index (χ3n) is 6.30. The van der Waals surface area contributed by atoms with Gasteiger partial charge in [-0.05, 0) is 56.0 Å². The Morgan fingerprint density at radius 2 is 1.65 bits per heavy atom. The maximum Gasteiger partial charge on any atom is 0.254 e. The standard InChI is InChI=1S/C27H26N2O2/c1-17-10-12-20(13-11-17)28-26(30)24-22-8-3-4-9-23(22)27(31)29(21-14-15-21)25(24)19-7-5-6-18(2)16-19/h3-13,16,21,24-25H,14-15H2,1-2H3,(H,28,30)/t24-,25-/m0/s1. The number of rotatable bonds is 4. The van der Waals surface area contributed by atoms with Crippen molar-refractivity contribution in [3.05, 3.63) is 101 Å². The monoisotopic (exact) mass is 410 g/mol. The second-order valence-corrected chi connectivity index (χ2v) is 8.72. The van der Waals surface area contributed by atoms with Gasteiger partial charge in [-0.15, -0.1) is 0 Å². The molecular weight excluding hydrogens is 384 g/mol. The Bertz CT molecular complexity index is 1150. The molecule has 1 saturated carbocycles. The lowest BCUT2D eigenvalue weighted by molar-refractivity contribution is -0.119. The number of hydrogen-bond acceptors (Lipinski definition) is 2. The second-order valence-electron chi connectivity index (χ2n) is 8.72. The topological polar surface area (TPSA) is 49.4 Å². The summed E-state index contributed by atoms with van der Waals surface area (Å²) in [6.45, 7) is 4.07. The quantitative estimate of drug-likeness (QED) is 0.627. The van der Waals surface area contributed by atoms with Crippen molar-refractivity contribution in [3.63, 3.8) is 0 Å². The molecule has 2 atom stereocenters. The Hall–Kier alpha value is -3.40. The van der Waals surface area contributed by atoms with Crippen LogP contribution in [0.15, 0.2) is 72.8 Å². The number of carbonyl (C=O) groups excluding carboxylic acids is 2. The van der Waals surface area contributed by atoms with E-state index in [-0.39, 0.29) is 23.9 Å². The van der Waals surface area contributed by atoms with Crippen molar-refractivity contribution in [1.29, 1.82) is 0 Å². The van der Waals surface area contributed by atoms with Gasteiger partial charge in [-0.2, -0.15) is 0 Å². The van der Waals surface area contributed by atoms with Crippen LogP contribution in [-0.4, -0.2) is 22.8 Å². The number of anilines is 1. The molecule has 2 amide bonds. The van der Waals surface area contributed by atoms with Crippen LogP contribution in [0.5, 0.6) is 0 Å². The van der Waals surface area contributed by atoms with Crippen LogP contribution in [0, 0.1) is 13.8 Å². The highest BCUT2D eigenvalue weighted by Crippen LogP contribution is 2.48. The minimum atomic E-state index is -0.474. The summed E-state index contributed by atoms with van der Waals surface area (Å²) >= 11 is 0. The third kappa shape index (κ3) is 3.63. The average molecular weight is 411 g/mol. The smallest absolute Gasteiger partial charge is 0.254 e. The number of nitrogens with zero attached hydrogens (tertiary/aromatic N) is 1. The number of amides is 2. The highest BCUT2D eigenvalue weighted by atomic mass is 16.2. The molecule has 1 aliphatic heterocycles. The maximum atomic E-state index is 13.7. The molecule has 3 aromatic carbocycles. The summed E-state index contributed by atoms with van der Waals surface area (Å²) in [5.41, 5.74) is 5.49. The van der Waals surface area contributed by atoms with Crippen molar-refractivity contribution in [2.45, 2.75) is 44.7 Å². The van der Waals surface area contributed by atoms with Crippen LogP contribution in [0.2, 0.25) is 0 Å². The van der Waals surface area contributed by atoms with E-state index in [1.807, 2.05) is 85.5 Å². The molecule has 0 unspecified atom stereocenters. The fourth-order valence-corrected chi connectivity index (χ4v) is 4.65. The zero-order valence-corrected chi connectivity index (χ0v) is 17.8. The van der Waals surface area contributed by atoms with Crippen molar-refractivity contribution >= 4 is 17.5 Å². The molecule has 1 N–H and O–H groups in total. The molecule has 2 aliphatic rings. The lowest BCUT2D eigenvalue weighted by atomic mass is 9.78. The van der Waals surface area contributed by atoms with Gasteiger partial charge in [0.15, 0.2) is 0 Å². The summed E-state index contributed by atoms with van der Waals surface area (Å²) in [5, 5.41) is 3.11. The Balaban J connectivity index is 1.63. The van der Waals surface area contributed by atoms with Gasteiger partial charge in [0.1, 0.15) is 0 Å². The number of fused-ring (bicyclic) bond motifs is 1. The van der Waals surface area contributed by atoms with Crippen LogP contribution in [-0.2, 0) is 4.79 Å². The lowest BCUT2D eigenvalue weighted by Gasteiger charge is -2.42. The van der Waals surface area contributed by atoms with E-state index in [1.54, 1.807) is 0 Å². The molecule has 0 spiro atoms. The van der Waals surface area contributed by atoms with E-state index in [1.165, 1.54) is 0 Å². The summed E-state index contributed by atoms with van der Waals surface area (Å²) in [6, 6.07) is 23.5. The molecule has 1 heterocycles. The first-order valence-electron chi connectivity index (χ1n) is 10.9. The first-order valence-corrected chi connectivity index (χ1v) is 10.9. The van der Waals surface area contributed by atoms with Crippen LogP contribution in [0.25, 0.3) is 0 Å².